The van der Waals surface area contributed by atoms with Crippen LogP contribution in [-0.2, 0) is 6.54 Å². The van der Waals surface area contributed by atoms with Gasteiger partial charge in [-0.1, -0.05) is 13.0 Å². The molecule has 2 N–H and O–H groups in total. The number of nitrogens with two attached hydrogens (primary N) is 1. The molecular weight excluding hydrogens is 276 g/mol. The molecule has 0 aliphatic carbocycles. The van der Waals surface area contributed by atoms with Crippen molar-refractivity contribution in [3.63, 3.8) is 0 Å². The Hall–Kier alpha value is -1.26. The molecule has 4 heteroatoms. The number of hydrogen-bond acceptors (Lipinski definition) is 4. The van der Waals surface area contributed by atoms with Gasteiger partial charge in [-0.2, -0.15) is 0 Å². The number of ether oxygens (including phenoxy) is 2. The van der Waals surface area contributed by atoms with Crippen LogP contribution in [-0.4, -0.2) is 38.3 Å². The number of rotatable bonds is 8. The molecule has 2 rings (SSSR count). The van der Waals surface area contributed by atoms with Gasteiger partial charge in [0.25, 0.3) is 0 Å². The smallest absolute Gasteiger partial charge is 0.161 e. The van der Waals surface area contributed by atoms with Crippen molar-refractivity contribution >= 4 is 0 Å². The summed E-state index contributed by atoms with van der Waals surface area (Å²) in [6.07, 6.45) is 4.80. The third-order valence-corrected chi connectivity index (χ3v) is 4.69. The van der Waals surface area contributed by atoms with Crippen molar-refractivity contribution in [2.75, 3.05) is 27.3 Å². The third-order valence-electron chi connectivity index (χ3n) is 4.69. The number of benzene rings is 1. The van der Waals surface area contributed by atoms with E-state index in [9.17, 15) is 0 Å². The Labute approximate surface area is 134 Å². The Balaban J connectivity index is 1.85. The van der Waals surface area contributed by atoms with Crippen molar-refractivity contribution < 1.29 is 9.47 Å². The van der Waals surface area contributed by atoms with E-state index in [0.717, 1.165) is 36.8 Å². The average Bonchev–Trinajstić information content (AvgIpc) is 2.99. The fourth-order valence-electron chi connectivity index (χ4n) is 3.18. The quantitative estimate of drug-likeness (QED) is 0.802. The normalized spacial score (nSPS) is 20.1. The number of nitrogens with zero attached hydrogens (tertiary/aromatic N) is 1. The molecule has 22 heavy (non-hydrogen) atoms. The lowest BCUT2D eigenvalue weighted by molar-refractivity contribution is 0.308. The predicted molar refractivity (Wildman–Crippen MR) is 90.4 cm³/mol. The van der Waals surface area contributed by atoms with Crippen molar-refractivity contribution in [1.29, 1.82) is 0 Å². The van der Waals surface area contributed by atoms with Crippen LogP contribution in [0.1, 0.15) is 38.2 Å². The minimum atomic E-state index is 0.375. The first-order valence-electron chi connectivity index (χ1n) is 8.35. The van der Waals surface area contributed by atoms with Crippen LogP contribution in [0.25, 0.3) is 0 Å². The molecule has 1 heterocycles. The van der Waals surface area contributed by atoms with Gasteiger partial charge in [0.2, 0.25) is 0 Å². The van der Waals surface area contributed by atoms with Crippen molar-refractivity contribution in [3.05, 3.63) is 23.8 Å². The molecule has 124 valence electrons. The standard InChI is InChI=1S/C18H30N2O2/c1-4-16(19)7-5-14-9-10-20(12-14)13-15-6-8-17(21-2)18(11-15)22-3/h6,8,11,14,16H,4-5,7,9-10,12-13,19H2,1-3H3. The minimum absolute atomic E-state index is 0.375. The number of methoxy groups -OCH3 is 2. The Morgan fingerprint density at radius 1 is 1.27 bits per heavy atom. The first kappa shape index (κ1) is 17.1. The molecule has 1 saturated heterocycles. The van der Waals surface area contributed by atoms with Crippen LogP contribution in [0.2, 0.25) is 0 Å². The summed E-state index contributed by atoms with van der Waals surface area (Å²) in [5, 5.41) is 0. The molecule has 1 aromatic carbocycles. The van der Waals surface area contributed by atoms with E-state index in [1.165, 1.54) is 31.5 Å². The molecule has 0 radical (unpaired) electrons. The largest absolute Gasteiger partial charge is 0.493 e. The van der Waals surface area contributed by atoms with Gasteiger partial charge in [-0.25, -0.2) is 0 Å². The first-order valence-corrected chi connectivity index (χ1v) is 8.35. The summed E-state index contributed by atoms with van der Waals surface area (Å²) in [7, 11) is 3.36. The Kier molecular flexibility index (Phi) is 6.52. The zero-order chi connectivity index (χ0) is 15.9. The highest BCUT2D eigenvalue weighted by molar-refractivity contribution is 5.42. The molecule has 1 fully saturated rings. The molecule has 1 aliphatic rings. The van der Waals surface area contributed by atoms with Crippen LogP contribution in [0.5, 0.6) is 11.5 Å². The van der Waals surface area contributed by atoms with Crippen molar-refractivity contribution in [1.82, 2.24) is 4.90 Å². The van der Waals surface area contributed by atoms with Gasteiger partial charge in [-0.3, -0.25) is 4.90 Å². The lowest BCUT2D eigenvalue weighted by atomic mass is 9.98. The Morgan fingerprint density at radius 3 is 2.73 bits per heavy atom. The molecule has 0 saturated carbocycles. The summed E-state index contributed by atoms with van der Waals surface area (Å²) >= 11 is 0. The second kappa shape index (κ2) is 8.39. The van der Waals surface area contributed by atoms with E-state index in [1.54, 1.807) is 14.2 Å². The van der Waals surface area contributed by atoms with Gasteiger partial charge < -0.3 is 15.2 Å². The van der Waals surface area contributed by atoms with Crippen molar-refractivity contribution in [2.45, 2.75) is 45.2 Å². The maximum atomic E-state index is 6.03. The zero-order valence-corrected chi connectivity index (χ0v) is 14.2. The maximum absolute atomic E-state index is 6.03. The molecule has 0 aromatic heterocycles. The van der Waals surface area contributed by atoms with Crippen LogP contribution < -0.4 is 15.2 Å². The molecule has 4 nitrogen and oxygen atoms in total. The van der Waals surface area contributed by atoms with E-state index < -0.39 is 0 Å². The van der Waals surface area contributed by atoms with E-state index in [2.05, 4.69) is 24.0 Å². The third kappa shape index (κ3) is 4.62. The first-order chi connectivity index (χ1) is 10.7. The summed E-state index contributed by atoms with van der Waals surface area (Å²) in [6.45, 7) is 5.52. The molecule has 1 aliphatic heterocycles. The molecule has 0 spiro atoms. The SMILES string of the molecule is CCC(N)CCC1CCN(Cc2ccc(OC)c(OC)c2)C1. The molecule has 0 bridgehead atoms. The lowest BCUT2D eigenvalue weighted by Crippen LogP contribution is -2.22. The van der Waals surface area contributed by atoms with Gasteiger partial charge in [0.05, 0.1) is 14.2 Å². The average molecular weight is 306 g/mol. The van der Waals surface area contributed by atoms with E-state index >= 15 is 0 Å². The summed E-state index contributed by atoms with van der Waals surface area (Å²) in [5.74, 6) is 2.40. The highest BCUT2D eigenvalue weighted by atomic mass is 16.5. The molecule has 1 aromatic rings. The predicted octanol–water partition coefficient (Wildman–Crippen LogP) is 3.04. The van der Waals surface area contributed by atoms with Crippen LogP contribution in [0.4, 0.5) is 0 Å². The highest BCUT2D eigenvalue weighted by Gasteiger charge is 2.22. The lowest BCUT2D eigenvalue weighted by Gasteiger charge is -2.18. The van der Waals surface area contributed by atoms with E-state index in [4.69, 9.17) is 15.2 Å². The van der Waals surface area contributed by atoms with Crippen LogP contribution >= 0.6 is 0 Å². The maximum Gasteiger partial charge on any atom is 0.161 e. The summed E-state index contributed by atoms with van der Waals surface area (Å²) in [6, 6.07) is 6.57. The topological polar surface area (TPSA) is 47.7 Å². The van der Waals surface area contributed by atoms with Crippen molar-refractivity contribution in [2.24, 2.45) is 11.7 Å². The van der Waals surface area contributed by atoms with Crippen LogP contribution in [0.3, 0.4) is 0 Å². The van der Waals surface area contributed by atoms with Gasteiger partial charge in [0, 0.05) is 19.1 Å². The molecule has 2 unspecified atom stereocenters. The monoisotopic (exact) mass is 306 g/mol. The van der Waals surface area contributed by atoms with Gasteiger partial charge in [0.15, 0.2) is 11.5 Å². The second-order valence-corrected chi connectivity index (χ2v) is 6.32. The van der Waals surface area contributed by atoms with Crippen molar-refractivity contribution in [3.8, 4) is 11.5 Å². The molecule has 0 amide bonds. The van der Waals surface area contributed by atoms with Crippen LogP contribution in [0.15, 0.2) is 18.2 Å². The minimum Gasteiger partial charge on any atom is -0.493 e. The summed E-state index contributed by atoms with van der Waals surface area (Å²) in [4.78, 5) is 2.53. The molecular formula is C18H30N2O2. The fourth-order valence-corrected chi connectivity index (χ4v) is 3.18. The van der Waals surface area contributed by atoms with Crippen LogP contribution in [0, 0.1) is 5.92 Å². The van der Waals surface area contributed by atoms with Gasteiger partial charge in [0.1, 0.15) is 0 Å². The van der Waals surface area contributed by atoms with Gasteiger partial charge in [-0.15, -0.1) is 0 Å². The fraction of sp³-hybridized carbons (Fsp3) is 0.667. The second-order valence-electron chi connectivity index (χ2n) is 6.32. The Bertz CT molecular complexity index is 464. The summed E-state index contributed by atoms with van der Waals surface area (Å²) < 4.78 is 10.7. The highest BCUT2D eigenvalue weighted by Crippen LogP contribution is 2.29. The Morgan fingerprint density at radius 2 is 2.05 bits per heavy atom. The number of hydrogen-bond donors (Lipinski definition) is 1. The van der Waals surface area contributed by atoms with E-state index in [-0.39, 0.29) is 0 Å². The molecule has 2 atom stereocenters. The zero-order valence-electron chi connectivity index (χ0n) is 14.2. The van der Waals surface area contributed by atoms with E-state index in [0.29, 0.717) is 6.04 Å². The van der Waals surface area contributed by atoms with Gasteiger partial charge >= 0.3 is 0 Å². The number of likely N-dealkylation sites (tertiary alicyclic amines) is 1. The van der Waals surface area contributed by atoms with Gasteiger partial charge in [-0.05, 0) is 55.8 Å². The summed E-state index contributed by atoms with van der Waals surface area (Å²) in [5.41, 5.74) is 7.31. The van der Waals surface area contributed by atoms with E-state index in [1.807, 2.05) is 6.07 Å².